The highest BCUT2D eigenvalue weighted by atomic mass is 31.2. The van der Waals surface area contributed by atoms with E-state index in [-0.39, 0.29) is 23.4 Å². The monoisotopic (exact) mass is 633 g/mol. The van der Waals surface area contributed by atoms with Crippen LogP contribution in [0.5, 0.6) is 0 Å². The topological polar surface area (TPSA) is 191 Å². The van der Waals surface area contributed by atoms with E-state index in [0.717, 1.165) is 16.8 Å². The second-order valence-corrected chi connectivity index (χ2v) is 11.6. The number of anilines is 2. The fourth-order valence-corrected chi connectivity index (χ4v) is 5.73. The van der Waals surface area contributed by atoms with Crippen LogP contribution < -0.4 is 10.6 Å². The van der Waals surface area contributed by atoms with Crippen molar-refractivity contribution in [1.29, 1.82) is 0 Å². The standard InChI is InChI=1S/C30H32N7O7P/c1-3-36(22-14-10-20(11-15-22)7-6-19-8-12-21(32-2)13-9-19)16-4-5-23(38)26-27(44-45(40,41)42)25(39)30(43-26)37-18-35-24-28(31)33-17-34-29(24)37/h6-15,17-18,25-27,30,39H,3-5,16H2,1H3,(H2,31,33,34)(H2,40,41,42)/b7-6+/t25-,26-,27+,30-/m1/s1. The van der Waals surface area contributed by atoms with Gasteiger partial charge in [0.1, 0.15) is 30.2 Å². The van der Waals surface area contributed by atoms with Crippen molar-refractivity contribution < 1.29 is 33.5 Å². The van der Waals surface area contributed by atoms with E-state index >= 15 is 0 Å². The van der Waals surface area contributed by atoms with Gasteiger partial charge in [-0.2, -0.15) is 0 Å². The summed E-state index contributed by atoms with van der Waals surface area (Å²) in [6.45, 7) is 10.3. The van der Waals surface area contributed by atoms with Crippen LogP contribution in [-0.2, 0) is 18.6 Å². The molecule has 0 saturated carbocycles. The minimum Gasteiger partial charge on any atom is -0.386 e. The molecule has 5 rings (SSSR count). The number of carbonyl (C=O) groups is 1. The number of hydrogen-bond acceptors (Lipinski definition) is 10. The van der Waals surface area contributed by atoms with Crippen molar-refractivity contribution >= 4 is 54.1 Å². The molecule has 3 heterocycles. The van der Waals surface area contributed by atoms with Gasteiger partial charge in [-0.05, 0) is 36.6 Å². The number of ketones is 1. The quantitative estimate of drug-likeness (QED) is 0.101. The van der Waals surface area contributed by atoms with Gasteiger partial charge >= 0.3 is 7.82 Å². The molecule has 0 unspecified atom stereocenters. The van der Waals surface area contributed by atoms with Crippen LogP contribution >= 0.6 is 7.82 Å². The smallest absolute Gasteiger partial charge is 0.386 e. The average Bonchev–Trinajstić information content (AvgIpc) is 3.59. The number of aromatic nitrogens is 4. The molecule has 2 aromatic heterocycles. The molecule has 1 aliphatic rings. The third kappa shape index (κ3) is 7.43. The van der Waals surface area contributed by atoms with E-state index in [1.807, 2.05) is 55.5 Å². The number of phosphoric acid groups is 1. The molecule has 1 fully saturated rings. The molecular formula is C30H32N7O7P. The Bertz CT molecular complexity index is 1770. The van der Waals surface area contributed by atoms with Gasteiger partial charge in [0, 0.05) is 25.2 Å². The van der Waals surface area contributed by atoms with Gasteiger partial charge in [0.25, 0.3) is 0 Å². The molecule has 0 aliphatic carbocycles. The van der Waals surface area contributed by atoms with Crippen LogP contribution in [0.4, 0.5) is 17.2 Å². The Kier molecular flexibility index (Phi) is 9.69. The predicted molar refractivity (Wildman–Crippen MR) is 167 cm³/mol. The second-order valence-electron chi connectivity index (χ2n) is 10.4. The number of rotatable bonds is 12. The van der Waals surface area contributed by atoms with E-state index in [1.54, 1.807) is 12.1 Å². The fourth-order valence-electron chi connectivity index (χ4n) is 5.18. The van der Waals surface area contributed by atoms with E-state index in [4.69, 9.17) is 21.6 Å². The number of ether oxygens (including phenoxy) is 1. The van der Waals surface area contributed by atoms with E-state index in [0.29, 0.717) is 25.2 Å². The molecule has 4 atom stereocenters. The highest BCUT2D eigenvalue weighted by molar-refractivity contribution is 7.46. The predicted octanol–water partition coefficient (Wildman–Crippen LogP) is 3.74. The summed E-state index contributed by atoms with van der Waals surface area (Å²) in [5.41, 5.74) is 9.85. The number of carbonyl (C=O) groups excluding carboxylic acids is 1. The summed E-state index contributed by atoms with van der Waals surface area (Å²) in [5.74, 6) is -0.382. The number of nitrogens with two attached hydrogens (primary N) is 1. The minimum absolute atomic E-state index is 0.00846. The third-order valence-corrected chi connectivity index (χ3v) is 7.95. The Morgan fingerprint density at radius 1 is 1.13 bits per heavy atom. The van der Waals surface area contributed by atoms with Gasteiger partial charge in [-0.25, -0.2) is 24.4 Å². The Morgan fingerprint density at radius 2 is 1.80 bits per heavy atom. The number of phosphoric ester groups is 1. The van der Waals surface area contributed by atoms with Gasteiger partial charge in [0.05, 0.1) is 12.9 Å². The molecule has 1 saturated heterocycles. The molecule has 0 radical (unpaired) electrons. The number of aliphatic hydroxyl groups is 1. The normalized spacial score (nSPS) is 20.1. The number of fused-ring (bicyclic) bond motifs is 1. The lowest BCUT2D eigenvalue weighted by Gasteiger charge is -2.24. The van der Waals surface area contributed by atoms with Crippen LogP contribution in [-0.4, -0.2) is 71.6 Å². The Balaban J connectivity index is 1.22. The fraction of sp³-hybridized carbons (Fsp3) is 0.300. The summed E-state index contributed by atoms with van der Waals surface area (Å²) in [5, 5.41) is 11.0. The van der Waals surface area contributed by atoms with Crippen molar-refractivity contribution in [2.45, 2.75) is 44.3 Å². The maximum atomic E-state index is 13.3. The van der Waals surface area contributed by atoms with Crippen LogP contribution in [0.15, 0.2) is 61.2 Å². The van der Waals surface area contributed by atoms with E-state index in [1.165, 1.54) is 17.2 Å². The number of hydrogen-bond donors (Lipinski definition) is 4. The van der Waals surface area contributed by atoms with Crippen LogP contribution in [0.3, 0.4) is 0 Å². The first kappa shape index (κ1) is 31.9. The number of nitrogen functional groups attached to an aromatic ring is 1. The van der Waals surface area contributed by atoms with Crippen molar-refractivity contribution in [3.63, 3.8) is 0 Å². The minimum atomic E-state index is -5.09. The van der Waals surface area contributed by atoms with Gasteiger partial charge in [-0.1, -0.05) is 48.6 Å². The Hall–Kier alpha value is -4.48. The molecule has 45 heavy (non-hydrogen) atoms. The Labute approximate surface area is 258 Å². The molecular weight excluding hydrogens is 601 g/mol. The first-order valence-electron chi connectivity index (χ1n) is 14.1. The van der Waals surface area contributed by atoms with Crippen LogP contribution in [0, 0.1) is 6.57 Å². The lowest BCUT2D eigenvalue weighted by atomic mass is 10.0. The van der Waals surface area contributed by atoms with Crippen LogP contribution in [0.1, 0.15) is 37.1 Å². The maximum Gasteiger partial charge on any atom is 0.470 e. The number of benzene rings is 2. The number of aliphatic hydroxyl groups excluding tert-OH is 1. The van der Waals surface area contributed by atoms with Gasteiger partial charge < -0.3 is 30.3 Å². The zero-order chi connectivity index (χ0) is 32.1. The van der Waals surface area contributed by atoms with Crippen molar-refractivity contribution in [2.24, 2.45) is 0 Å². The third-order valence-electron chi connectivity index (χ3n) is 7.43. The van der Waals surface area contributed by atoms with Crippen molar-refractivity contribution in [1.82, 2.24) is 19.5 Å². The van der Waals surface area contributed by atoms with Crippen molar-refractivity contribution in [3.8, 4) is 0 Å². The second kappa shape index (κ2) is 13.7. The SMILES string of the molecule is [C-]#[N+]c1ccc(/C=C/c2ccc(N(CC)CCCC(=O)[C@H]3O[C@@H](n4cnc5c(N)ncnc54)[C@H](O)[C@@H]3OP(=O)(O)O)cc2)cc1. The van der Waals surface area contributed by atoms with E-state index < -0.39 is 38.1 Å². The lowest BCUT2D eigenvalue weighted by molar-refractivity contribution is -0.135. The van der Waals surface area contributed by atoms with Crippen molar-refractivity contribution in [3.05, 3.63) is 83.7 Å². The van der Waals surface area contributed by atoms with Gasteiger partial charge in [0.15, 0.2) is 29.2 Å². The Morgan fingerprint density at radius 3 is 2.42 bits per heavy atom. The highest BCUT2D eigenvalue weighted by Crippen LogP contribution is 2.44. The largest absolute Gasteiger partial charge is 0.470 e. The molecule has 5 N–H and O–H groups in total. The first-order valence-corrected chi connectivity index (χ1v) is 15.6. The molecule has 1 aliphatic heterocycles. The number of Topliss-reactive ketones (excluding diaryl/α,β-unsaturated/α-hetero) is 1. The van der Waals surface area contributed by atoms with Gasteiger partial charge in [-0.3, -0.25) is 13.9 Å². The van der Waals surface area contributed by atoms with E-state index in [2.05, 4.69) is 24.7 Å². The molecule has 234 valence electrons. The highest BCUT2D eigenvalue weighted by Gasteiger charge is 2.51. The summed E-state index contributed by atoms with van der Waals surface area (Å²) in [4.78, 5) is 49.9. The van der Waals surface area contributed by atoms with Crippen molar-refractivity contribution in [2.75, 3.05) is 23.7 Å². The zero-order valence-corrected chi connectivity index (χ0v) is 25.1. The average molecular weight is 634 g/mol. The summed E-state index contributed by atoms with van der Waals surface area (Å²) >= 11 is 0. The maximum absolute atomic E-state index is 13.3. The molecule has 2 aromatic carbocycles. The van der Waals surface area contributed by atoms with Crippen LogP contribution in [0.2, 0.25) is 0 Å². The summed E-state index contributed by atoms with van der Waals surface area (Å²) in [6.07, 6.45) is 0.890. The number of imidazole rings is 1. The summed E-state index contributed by atoms with van der Waals surface area (Å²) in [6, 6.07) is 15.3. The number of nitrogens with zero attached hydrogens (tertiary/aromatic N) is 6. The summed E-state index contributed by atoms with van der Waals surface area (Å²) < 4.78 is 23.8. The molecule has 0 spiro atoms. The van der Waals surface area contributed by atoms with E-state index in [9.17, 15) is 24.3 Å². The molecule has 4 aromatic rings. The molecule has 14 nitrogen and oxygen atoms in total. The van der Waals surface area contributed by atoms with Gasteiger partial charge in [0.2, 0.25) is 0 Å². The first-order chi connectivity index (χ1) is 21.6. The molecule has 0 bridgehead atoms. The van der Waals surface area contributed by atoms with Gasteiger partial charge in [-0.15, -0.1) is 0 Å². The van der Waals surface area contributed by atoms with Crippen LogP contribution in [0.25, 0.3) is 28.2 Å². The molecule has 0 amide bonds. The zero-order valence-electron chi connectivity index (χ0n) is 24.2. The summed E-state index contributed by atoms with van der Waals surface area (Å²) in [7, 11) is -5.09. The molecule has 15 heteroatoms. The lowest BCUT2D eigenvalue weighted by Crippen LogP contribution is -2.38.